The molecule has 2 heterocycles. The number of nitrogens with one attached hydrogen (secondary N) is 2. The first-order chi connectivity index (χ1) is 11.7. The lowest BCUT2D eigenvalue weighted by molar-refractivity contribution is -0.749. The van der Waals surface area contributed by atoms with Crippen LogP contribution < -0.4 is 31.0 Å². The number of allylic oxidation sites excluding steroid dienone is 2. The third kappa shape index (κ3) is 2.65. The second-order valence-electron chi connectivity index (χ2n) is 5.02. The van der Waals surface area contributed by atoms with Crippen molar-refractivity contribution in [3.63, 3.8) is 0 Å². The number of benzene rings is 1. The Morgan fingerprint density at radius 2 is 1.38 bits per heavy atom. The lowest BCUT2D eigenvalue weighted by Gasteiger charge is -2.02. The maximum absolute atomic E-state index is 7.93. The molecule has 0 unspecified atom stereocenters. The van der Waals surface area contributed by atoms with Gasteiger partial charge in [-0.05, 0) is 30.4 Å². The Balaban J connectivity index is 2.15. The van der Waals surface area contributed by atoms with Gasteiger partial charge in [0, 0.05) is 0 Å². The molecular formula is C16H16N6O2. The van der Waals surface area contributed by atoms with Gasteiger partial charge in [-0.2, -0.15) is 0 Å². The van der Waals surface area contributed by atoms with Gasteiger partial charge in [0.1, 0.15) is 0 Å². The van der Waals surface area contributed by atoms with E-state index in [4.69, 9.17) is 19.9 Å². The second kappa shape index (κ2) is 6.37. The van der Waals surface area contributed by atoms with Crippen LogP contribution in [-0.2, 0) is 13.1 Å². The van der Waals surface area contributed by atoms with Crippen LogP contribution in [0.3, 0.4) is 0 Å². The van der Waals surface area contributed by atoms with Crippen LogP contribution >= 0.6 is 0 Å². The molecule has 2 N–H and O–H groups in total. The molecule has 0 saturated heterocycles. The fraction of sp³-hybridized carbons (Fsp3) is 0.125. The fourth-order valence-corrected chi connectivity index (χ4v) is 2.45. The van der Waals surface area contributed by atoms with E-state index in [1.807, 2.05) is 24.3 Å². The van der Waals surface area contributed by atoms with Gasteiger partial charge in [0.15, 0.2) is 13.1 Å². The number of hydrogen-bond acceptors (Lipinski definition) is 4. The summed E-state index contributed by atoms with van der Waals surface area (Å²) in [5.74, 6) is 0. The van der Waals surface area contributed by atoms with E-state index in [2.05, 4.69) is 23.7 Å². The largest absolute Gasteiger partial charge is 0.486 e. The van der Waals surface area contributed by atoms with Gasteiger partial charge in [0.2, 0.25) is 0 Å². The van der Waals surface area contributed by atoms with E-state index >= 15 is 0 Å². The lowest BCUT2D eigenvalue weighted by atomic mass is 10.1. The molecule has 8 nitrogen and oxygen atoms in total. The minimum atomic E-state index is -0.0376. The minimum Gasteiger partial charge on any atom is -0.486 e. The van der Waals surface area contributed by atoms with Crippen molar-refractivity contribution in [2.45, 2.75) is 13.1 Å². The molecule has 3 aromatic rings. The summed E-state index contributed by atoms with van der Waals surface area (Å²) in [5, 5.41) is 23.5. The predicted molar refractivity (Wildman–Crippen MR) is 81.0 cm³/mol. The Hall–Kier alpha value is -3.42. The molecule has 0 saturated carbocycles. The Labute approximate surface area is 136 Å². The molecule has 0 amide bonds. The molecule has 0 aliphatic rings. The van der Waals surface area contributed by atoms with Gasteiger partial charge in [-0.15, -0.1) is 0 Å². The molecule has 0 bridgehead atoms. The molecule has 8 heteroatoms. The summed E-state index contributed by atoms with van der Waals surface area (Å²) in [4.78, 5) is 0. The van der Waals surface area contributed by atoms with Gasteiger partial charge in [0.25, 0.3) is 22.5 Å². The minimum absolute atomic E-state index is 0.0376. The highest BCUT2D eigenvalue weighted by Crippen LogP contribution is 2.19. The van der Waals surface area contributed by atoms with Crippen molar-refractivity contribution in [3.05, 3.63) is 60.7 Å². The van der Waals surface area contributed by atoms with E-state index in [0.717, 1.165) is 11.1 Å². The Morgan fingerprint density at radius 1 is 0.917 bits per heavy atom. The molecule has 0 spiro atoms. The van der Waals surface area contributed by atoms with Gasteiger partial charge in [0.05, 0.1) is 11.1 Å². The molecule has 0 aliphatic heterocycles. The maximum Gasteiger partial charge on any atom is 0.273 e. The predicted octanol–water partition coefficient (Wildman–Crippen LogP) is 0.0269. The van der Waals surface area contributed by atoms with Crippen LogP contribution in [0.2, 0.25) is 0 Å². The molecule has 1 aromatic carbocycles. The van der Waals surface area contributed by atoms with Crippen molar-refractivity contribution in [1.82, 2.24) is 10.5 Å². The first-order valence-electron chi connectivity index (χ1n) is 7.21. The molecule has 2 aromatic heterocycles. The van der Waals surface area contributed by atoms with Crippen molar-refractivity contribution in [3.8, 4) is 22.5 Å². The number of rotatable bonds is 6. The fourth-order valence-electron chi connectivity index (χ4n) is 2.45. The molecule has 0 atom stereocenters. The molecule has 0 radical (unpaired) electrons. The monoisotopic (exact) mass is 324 g/mol. The summed E-state index contributed by atoms with van der Waals surface area (Å²) in [6.45, 7) is 8.21. The third-order valence-electron chi connectivity index (χ3n) is 3.42. The maximum atomic E-state index is 7.93. The molecule has 0 fully saturated rings. The Bertz CT molecular complexity index is 926. The van der Waals surface area contributed by atoms with E-state index in [-0.39, 0.29) is 11.1 Å². The molecule has 3 rings (SSSR count). The summed E-state index contributed by atoms with van der Waals surface area (Å²) in [6.07, 6.45) is 3.35. The zero-order chi connectivity index (χ0) is 17.1. The van der Waals surface area contributed by atoms with Crippen LogP contribution in [0.25, 0.3) is 22.5 Å². The summed E-state index contributed by atoms with van der Waals surface area (Å²) in [6, 6.07) is 7.37. The number of nitrogens with zero attached hydrogens (tertiary/aromatic N) is 4. The summed E-state index contributed by atoms with van der Waals surface area (Å²) in [7, 11) is 0. The second-order valence-corrected chi connectivity index (χ2v) is 5.02. The Morgan fingerprint density at radius 3 is 1.79 bits per heavy atom. The van der Waals surface area contributed by atoms with Gasteiger partial charge in [-0.25, -0.2) is 9.36 Å². The van der Waals surface area contributed by atoms with E-state index in [1.54, 1.807) is 21.5 Å². The van der Waals surface area contributed by atoms with Crippen molar-refractivity contribution in [1.29, 1.82) is 10.8 Å². The summed E-state index contributed by atoms with van der Waals surface area (Å²) in [5.41, 5.74) is 2.48. The van der Waals surface area contributed by atoms with Crippen LogP contribution in [0, 0.1) is 10.8 Å². The third-order valence-corrected chi connectivity index (χ3v) is 3.42. The zero-order valence-corrected chi connectivity index (χ0v) is 12.9. The highest BCUT2D eigenvalue weighted by Gasteiger charge is 2.19. The zero-order valence-electron chi connectivity index (χ0n) is 12.9. The highest BCUT2D eigenvalue weighted by atomic mass is 16.5. The number of aromatic nitrogens is 4. The van der Waals surface area contributed by atoms with Crippen LogP contribution in [0.15, 0.2) is 58.6 Å². The van der Waals surface area contributed by atoms with Crippen LogP contribution in [0.5, 0.6) is 0 Å². The highest BCUT2D eigenvalue weighted by molar-refractivity contribution is 5.65. The summed E-state index contributed by atoms with van der Waals surface area (Å²) >= 11 is 0. The van der Waals surface area contributed by atoms with Crippen LogP contribution in [-0.4, -0.2) is 0 Å². The SMILES string of the molecule is C=CC[n+]1[n-]oc(=N)c1-c1cccc(-c2c(=N)o[n-][n+]2CC=C)c1. The van der Waals surface area contributed by atoms with Gasteiger partial charge < -0.3 is 9.05 Å². The smallest absolute Gasteiger partial charge is 0.273 e. The normalized spacial score (nSPS) is 10.7. The lowest BCUT2D eigenvalue weighted by Crippen LogP contribution is -2.40. The van der Waals surface area contributed by atoms with E-state index in [0.29, 0.717) is 24.5 Å². The van der Waals surface area contributed by atoms with Crippen molar-refractivity contribution in [2.24, 2.45) is 0 Å². The van der Waals surface area contributed by atoms with Crippen molar-refractivity contribution >= 4 is 0 Å². The molecule has 0 aliphatic carbocycles. The number of hydrogen-bond donors (Lipinski definition) is 2. The molecule has 122 valence electrons. The van der Waals surface area contributed by atoms with E-state index in [9.17, 15) is 0 Å². The average molecular weight is 324 g/mol. The molecular weight excluding hydrogens is 308 g/mol. The van der Waals surface area contributed by atoms with E-state index in [1.165, 1.54) is 0 Å². The quantitative estimate of drug-likeness (QED) is 0.492. The topological polar surface area (TPSA) is 110 Å². The van der Waals surface area contributed by atoms with Crippen molar-refractivity contribution < 1.29 is 18.4 Å². The van der Waals surface area contributed by atoms with Gasteiger partial charge >= 0.3 is 0 Å². The standard InChI is InChI=1S/C16H16N6O2/c1-3-8-21-13(15(17)23-19-21)11-6-5-7-12(10-11)14-16(18)24-20-22(14)9-4-2/h3-7,10,17-18H,1-2,8-9H2. The van der Waals surface area contributed by atoms with Crippen LogP contribution in [0.1, 0.15) is 0 Å². The van der Waals surface area contributed by atoms with Gasteiger partial charge in [-0.3, -0.25) is 21.4 Å². The average Bonchev–Trinajstić information content (AvgIpc) is 3.11. The molecule has 24 heavy (non-hydrogen) atoms. The first kappa shape index (κ1) is 15.5. The van der Waals surface area contributed by atoms with Crippen molar-refractivity contribution in [2.75, 3.05) is 0 Å². The Kier molecular flexibility index (Phi) is 4.11. The first-order valence-corrected chi connectivity index (χ1v) is 7.21. The van der Waals surface area contributed by atoms with Gasteiger partial charge in [-0.1, -0.05) is 19.2 Å². The summed E-state index contributed by atoms with van der Waals surface area (Å²) < 4.78 is 13.0. The van der Waals surface area contributed by atoms with E-state index < -0.39 is 0 Å². The van der Waals surface area contributed by atoms with Crippen LogP contribution in [0.4, 0.5) is 0 Å².